The van der Waals surface area contributed by atoms with Gasteiger partial charge in [-0.05, 0) is 50.4 Å². The number of hydrogen-bond donors (Lipinski definition) is 3. The van der Waals surface area contributed by atoms with E-state index in [4.69, 9.17) is 0 Å². The van der Waals surface area contributed by atoms with Crippen molar-refractivity contribution in [3.05, 3.63) is 34.9 Å². The molecule has 0 aliphatic carbocycles. The third-order valence-corrected chi connectivity index (χ3v) is 6.04. The molecule has 144 valence electrons. The van der Waals surface area contributed by atoms with Crippen LogP contribution in [0.4, 0.5) is 0 Å². The summed E-state index contributed by atoms with van der Waals surface area (Å²) in [5.74, 6) is -0.738. The van der Waals surface area contributed by atoms with Gasteiger partial charge < -0.3 is 15.5 Å². The highest BCUT2D eigenvalue weighted by molar-refractivity contribution is 6.05. The summed E-state index contributed by atoms with van der Waals surface area (Å²) in [6.45, 7) is 5.27. The van der Waals surface area contributed by atoms with Crippen molar-refractivity contribution < 1.29 is 14.4 Å². The lowest BCUT2D eigenvalue weighted by molar-refractivity contribution is -0.136. The minimum Gasteiger partial charge on any atom is -0.322 e. The summed E-state index contributed by atoms with van der Waals surface area (Å²) in [6, 6.07) is 5.32. The van der Waals surface area contributed by atoms with Gasteiger partial charge in [0.25, 0.3) is 5.91 Å². The second kappa shape index (κ2) is 7.05. The van der Waals surface area contributed by atoms with Crippen molar-refractivity contribution in [3.8, 4) is 0 Å². The second-order valence-electron chi connectivity index (χ2n) is 8.02. The molecule has 27 heavy (non-hydrogen) atoms. The fourth-order valence-electron chi connectivity index (χ4n) is 4.19. The molecule has 3 aliphatic rings. The molecule has 3 heterocycles. The van der Waals surface area contributed by atoms with Gasteiger partial charge in [-0.3, -0.25) is 19.7 Å². The Kier molecular flexibility index (Phi) is 4.74. The van der Waals surface area contributed by atoms with Crippen LogP contribution in [0.25, 0.3) is 0 Å². The number of rotatable bonds is 6. The molecule has 0 radical (unpaired) electrons. The lowest BCUT2D eigenvalue weighted by Crippen LogP contribution is -2.55. The van der Waals surface area contributed by atoms with E-state index in [0.29, 0.717) is 25.1 Å². The van der Waals surface area contributed by atoms with Crippen LogP contribution in [0.2, 0.25) is 0 Å². The maximum Gasteiger partial charge on any atom is 0.255 e. The highest BCUT2D eigenvalue weighted by Crippen LogP contribution is 2.30. The van der Waals surface area contributed by atoms with Crippen LogP contribution >= 0.6 is 0 Å². The van der Waals surface area contributed by atoms with E-state index in [1.165, 1.54) is 6.42 Å². The average Bonchev–Trinajstić information content (AvgIpc) is 2.95. The maximum absolute atomic E-state index is 13.0. The van der Waals surface area contributed by atoms with E-state index in [1.807, 2.05) is 18.2 Å². The molecular formula is C20H26N4O3. The number of piperidine rings is 1. The molecule has 2 saturated heterocycles. The summed E-state index contributed by atoms with van der Waals surface area (Å²) < 4.78 is 0. The van der Waals surface area contributed by atoms with Crippen LogP contribution in [-0.4, -0.2) is 47.3 Å². The Bertz CT molecular complexity index is 787. The third kappa shape index (κ3) is 3.49. The van der Waals surface area contributed by atoms with Gasteiger partial charge in [0.2, 0.25) is 11.8 Å². The van der Waals surface area contributed by atoms with Gasteiger partial charge in [0.15, 0.2) is 0 Å². The van der Waals surface area contributed by atoms with Crippen LogP contribution in [0.1, 0.15) is 54.1 Å². The molecule has 2 fully saturated rings. The first-order valence-electron chi connectivity index (χ1n) is 9.68. The van der Waals surface area contributed by atoms with Gasteiger partial charge in [0.05, 0.1) is 0 Å². The van der Waals surface area contributed by atoms with E-state index in [1.54, 1.807) is 4.90 Å². The summed E-state index contributed by atoms with van der Waals surface area (Å²) in [5.41, 5.74) is 2.88. The van der Waals surface area contributed by atoms with E-state index < -0.39 is 6.04 Å². The second-order valence-corrected chi connectivity index (χ2v) is 8.02. The lowest BCUT2D eigenvalue weighted by atomic mass is 9.87. The normalized spacial score (nSPS) is 27.4. The zero-order valence-electron chi connectivity index (χ0n) is 15.6. The summed E-state index contributed by atoms with van der Waals surface area (Å²) in [4.78, 5) is 38.2. The number of carbonyl (C=O) groups is 3. The number of amides is 3. The molecule has 0 spiro atoms. The Hall–Kier alpha value is -2.25. The largest absolute Gasteiger partial charge is 0.322 e. The standard InChI is InChI=1S/C20H26N4O3/c1-20(8-10-22-20)7-9-21-11-13-3-2-4-14-12-24(19(27)17(13)14)15-5-6-16(25)23-18(15)26/h2-4,15,21-22H,5-12H2,1H3,(H,23,25,26). The summed E-state index contributed by atoms with van der Waals surface area (Å²) in [6.07, 6.45) is 2.93. The zero-order chi connectivity index (χ0) is 19.0. The van der Waals surface area contributed by atoms with E-state index in [2.05, 4.69) is 22.9 Å². The lowest BCUT2D eigenvalue weighted by Gasteiger charge is -2.40. The fraction of sp³-hybridized carbons (Fsp3) is 0.550. The number of hydrogen-bond acceptors (Lipinski definition) is 5. The van der Waals surface area contributed by atoms with E-state index in [0.717, 1.165) is 30.6 Å². The molecule has 0 bridgehead atoms. The summed E-state index contributed by atoms with van der Waals surface area (Å²) in [7, 11) is 0. The Morgan fingerprint density at radius 3 is 2.81 bits per heavy atom. The van der Waals surface area contributed by atoms with Crippen molar-refractivity contribution in [2.45, 2.75) is 57.3 Å². The van der Waals surface area contributed by atoms with Crippen LogP contribution < -0.4 is 16.0 Å². The molecular weight excluding hydrogens is 344 g/mol. The number of nitrogens with one attached hydrogen (secondary N) is 3. The Labute approximate surface area is 158 Å². The van der Waals surface area contributed by atoms with E-state index in [-0.39, 0.29) is 29.7 Å². The summed E-state index contributed by atoms with van der Waals surface area (Å²) in [5, 5.41) is 9.25. The van der Waals surface area contributed by atoms with Gasteiger partial charge in [-0.25, -0.2) is 0 Å². The molecule has 3 N–H and O–H groups in total. The van der Waals surface area contributed by atoms with E-state index in [9.17, 15) is 14.4 Å². The van der Waals surface area contributed by atoms with Gasteiger partial charge in [0.1, 0.15) is 6.04 Å². The molecule has 3 aliphatic heterocycles. The average molecular weight is 370 g/mol. The Morgan fingerprint density at radius 2 is 2.11 bits per heavy atom. The number of nitrogens with zero attached hydrogens (tertiary/aromatic N) is 1. The van der Waals surface area contributed by atoms with E-state index >= 15 is 0 Å². The van der Waals surface area contributed by atoms with Crippen LogP contribution in [0.3, 0.4) is 0 Å². The topological polar surface area (TPSA) is 90.5 Å². The molecule has 7 nitrogen and oxygen atoms in total. The number of imide groups is 1. The Morgan fingerprint density at radius 1 is 1.30 bits per heavy atom. The molecule has 0 saturated carbocycles. The fourth-order valence-corrected chi connectivity index (χ4v) is 4.19. The molecule has 4 rings (SSSR count). The monoisotopic (exact) mass is 370 g/mol. The van der Waals surface area contributed by atoms with Crippen LogP contribution in [0.15, 0.2) is 18.2 Å². The first kappa shape index (κ1) is 18.1. The molecule has 0 aromatic heterocycles. The van der Waals surface area contributed by atoms with Gasteiger partial charge in [-0.15, -0.1) is 0 Å². The highest BCUT2D eigenvalue weighted by atomic mass is 16.2. The van der Waals surface area contributed by atoms with Gasteiger partial charge in [0, 0.05) is 30.6 Å². The maximum atomic E-state index is 13.0. The number of carbonyl (C=O) groups excluding carboxylic acids is 3. The minimum atomic E-state index is -0.562. The first-order chi connectivity index (χ1) is 13.0. The molecule has 2 unspecified atom stereocenters. The molecule has 1 aromatic carbocycles. The van der Waals surface area contributed by atoms with Gasteiger partial charge in [-0.2, -0.15) is 0 Å². The van der Waals surface area contributed by atoms with Gasteiger partial charge in [-0.1, -0.05) is 18.2 Å². The number of fused-ring (bicyclic) bond motifs is 1. The highest BCUT2D eigenvalue weighted by Gasteiger charge is 2.39. The first-order valence-corrected chi connectivity index (χ1v) is 9.68. The quantitative estimate of drug-likeness (QED) is 0.506. The number of benzene rings is 1. The van der Waals surface area contributed by atoms with Gasteiger partial charge >= 0.3 is 0 Å². The van der Waals surface area contributed by atoms with Crippen molar-refractivity contribution >= 4 is 17.7 Å². The SMILES string of the molecule is CC1(CCNCc2cccc3c2C(=O)N(C2CCC(=O)NC2=O)C3)CCN1. The molecule has 7 heteroatoms. The summed E-state index contributed by atoms with van der Waals surface area (Å²) >= 11 is 0. The van der Waals surface area contributed by atoms with Crippen molar-refractivity contribution in [1.82, 2.24) is 20.9 Å². The predicted octanol–water partition coefficient (Wildman–Crippen LogP) is 0.679. The smallest absolute Gasteiger partial charge is 0.255 e. The van der Waals surface area contributed by atoms with Crippen LogP contribution in [-0.2, 0) is 22.7 Å². The van der Waals surface area contributed by atoms with Crippen LogP contribution in [0, 0.1) is 0 Å². The minimum absolute atomic E-state index is 0.107. The zero-order valence-corrected chi connectivity index (χ0v) is 15.6. The molecule has 1 aromatic rings. The van der Waals surface area contributed by atoms with Crippen molar-refractivity contribution in [1.29, 1.82) is 0 Å². The molecule has 3 amide bonds. The predicted molar refractivity (Wildman–Crippen MR) is 99.8 cm³/mol. The van der Waals surface area contributed by atoms with Crippen LogP contribution in [0.5, 0.6) is 0 Å². The van der Waals surface area contributed by atoms with Crippen molar-refractivity contribution in [2.24, 2.45) is 0 Å². The molecule has 2 atom stereocenters. The van der Waals surface area contributed by atoms with Crippen molar-refractivity contribution in [3.63, 3.8) is 0 Å². The Balaban J connectivity index is 1.42. The third-order valence-electron chi connectivity index (χ3n) is 6.04. The van der Waals surface area contributed by atoms with Crippen molar-refractivity contribution in [2.75, 3.05) is 13.1 Å².